The molecule has 0 spiro atoms. The number of rotatable bonds is 7. The van der Waals surface area contributed by atoms with E-state index in [1.54, 1.807) is 0 Å². The first kappa shape index (κ1) is 13.7. The highest BCUT2D eigenvalue weighted by Gasteiger charge is 2.07. The van der Waals surface area contributed by atoms with Crippen molar-refractivity contribution >= 4 is 16.0 Å². The smallest absolute Gasteiger partial charge is 0.338 e. The molecule has 3 N–H and O–H groups in total. The highest BCUT2D eigenvalue weighted by atomic mass is 32.2. The zero-order valence-corrected chi connectivity index (χ0v) is 10.1. The summed E-state index contributed by atoms with van der Waals surface area (Å²) in [4.78, 5) is 10.5. The molecule has 0 aliphatic heterocycles. The molecule has 0 radical (unpaired) electrons. The number of sulfonamides is 1. The van der Waals surface area contributed by atoms with E-state index in [2.05, 4.69) is 10.0 Å². The van der Waals surface area contributed by atoms with Crippen LogP contribution in [0.2, 0.25) is 0 Å². The molecule has 17 heavy (non-hydrogen) atoms. The summed E-state index contributed by atoms with van der Waals surface area (Å²) in [7, 11) is -3.17. The molecule has 0 aromatic carbocycles. The van der Waals surface area contributed by atoms with Gasteiger partial charge in [0.2, 0.25) is 10.0 Å². The van der Waals surface area contributed by atoms with Crippen molar-refractivity contribution in [3.8, 4) is 0 Å². The number of hydrogen-bond acceptors (Lipinski definition) is 5. The van der Waals surface area contributed by atoms with Crippen LogP contribution < -0.4 is 10.0 Å². The number of carboxylic acid groups (broad SMARTS) is 1. The zero-order chi connectivity index (χ0) is 12.9. The lowest BCUT2D eigenvalue weighted by Crippen LogP contribution is -2.30. The van der Waals surface area contributed by atoms with E-state index >= 15 is 0 Å². The lowest BCUT2D eigenvalue weighted by atomic mass is 10.3. The Morgan fingerprint density at radius 3 is 2.71 bits per heavy atom. The number of nitrogens with one attached hydrogen (secondary N) is 2. The molecule has 96 valence electrons. The van der Waals surface area contributed by atoms with Gasteiger partial charge in [-0.2, -0.15) is 0 Å². The molecule has 1 aromatic heterocycles. The minimum Gasteiger partial charge on any atom is -0.478 e. The second-order valence-electron chi connectivity index (χ2n) is 3.45. The second kappa shape index (κ2) is 5.80. The largest absolute Gasteiger partial charge is 0.478 e. The van der Waals surface area contributed by atoms with Crippen LogP contribution in [-0.4, -0.2) is 38.8 Å². The van der Waals surface area contributed by atoms with E-state index in [1.807, 2.05) is 0 Å². The molecule has 1 aromatic rings. The lowest BCUT2D eigenvalue weighted by molar-refractivity contribution is 0.0696. The fourth-order valence-corrected chi connectivity index (χ4v) is 1.59. The summed E-state index contributed by atoms with van der Waals surface area (Å²) in [6.45, 7) is 1.04. The third kappa shape index (κ3) is 5.48. The summed E-state index contributed by atoms with van der Waals surface area (Å²) in [5, 5.41) is 11.6. The van der Waals surface area contributed by atoms with Gasteiger partial charge in [0.25, 0.3) is 0 Å². The van der Waals surface area contributed by atoms with E-state index in [0.717, 1.165) is 12.5 Å². The number of aromatic carboxylic acids is 1. The highest BCUT2D eigenvalue weighted by Crippen LogP contribution is 2.06. The van der Waals surface area contributed by atoms with E-state index in [4.69, 9.17) is 9.52 Å². The Balaban J connectivity index is 2.24. The van der Waals surface area contributed by atoms with E-state index in [1.165, 1.54) is 6.07 Å². The molecule has 0 fully saturated rings. The first-order chi connectivity index (χ1) is 7.88. The van der Waals surface area contributed by atoms with Crippen LogP contribution in [0.15, 0.2) is 16.7 Å². The fraction of sp³-hybridized carbons (Fsp3) is 0.444. The molecule has 0 aliphatic carbocycles. The Labute approximate surface area is 98.9 Å². The van der Waals surface area contributed by atoms with Crippen molar-refractivity contribution in [2.75, 3.05) is 19.3 Å². The van der Waals surface area contributed by atoms with Gasteiger partial charge in [-0.05, 0) is 6.07 Å². The van der Waals surface area contributed by atoms with Gasteiger partial charge in [-0.25, -0.2) is 17.9 Å². The Hall–Kier alpha value is -1.38. The average molecular weight is 262 g/mol. The molecule has 0 atom stereocenters. The average Bonchev–Trinajstić information content (AvgIpc) is 2.64. The summed E-state index contributed by atoms with van der Waals surface area (Å²) in [6, 6.07) is 1.42. The maximum Gasteiger partial charge on any atom is 0.338 e. The maximum atomic E-state index is 10.7. The number of carbonyl (C=O) groups is 1. The topological polar surface area (TPSA) is 109 Å². The van der Waals surface area contributed by atoms with Gasteiger partial charge >= 0.3 is 5.97 Å². The number of furan rings is 1. The molecule has 0 saturated carbocycles. The Bertz CT molecular complexity index is 479. The van der Waals surface area contributed by atoms with Crippen molar-refractivity contribution in [2.24, 2.45) is 0 Å². The standard InChI is InChI=1S/C9H14N2O5S/c1-17(14,15)11-3-2-10-5-8-4-7(6-16-8)9(12)13/h4,6,10-11H,2-3,5H2,1H3,(H,12,13). The lowest BCUT2D eigenvalue weighted by Gasteiger charge is -2.03. The van der Waals surface area contributed by atoms with Crippen LogP contribution in [0.25, 0.3) is 0 Å². The van der Waals surface area contributed by atoms with E-state index < -0.39 is 16.0 Å². The predicted molar refractivity (Wildman–Crippen MR) is 60.2 cm³/mol. The minimum atomic E-state index is -3.17. The molecule has 0 aliphatic rings. The molecule has 0 unspecified atom stereocenters. The first-order valence-corrected chi connectivity index (χ1v) is 6.73. The van der Waals surface area contributed by atoms with E-state index in [0.29, 0.717) is 18.8 Å². The van der Waals surface area contributed by atoms with Crippen molar-refractivity contribution in [1.29, 1.82) is 0 Å². The van der Waals surface area contributed by atoms with Gasteiger partial charge in [0.05, 0.1) is 18.4 Å². The minimum absolute atomic E-state index is 0.0936. The van der Waals surface area contributed by atoms with Gasteiger partial charge in [-0.1, -0.05) is 0 Å². The van der Waals surface area contributed by atoms with Crippen molar-refractivity contribution in [2.45, 2.75) is 6.54 Å². The van der Waals surface area contributed by atoms with Crippen LogP contribution in [0.3, 0.4) is 0 Å². The predicted octanol–water partition coefficient (Wildman–Crippen LogP) is -0.383. The van der Waals surface area contributed by atoms with E-state index in [9.17, 15) is 13.2 Å². The molecule has 1 heterocycles. The third-order valence-corrected chi connectivity index (χ3v) is 2.59. The van der Waals surface area contributed by atoms with E-state index in [-0.39, 0.29) is 12.1 Å². The highest BCUT2D eigenvalue weighted by molar-refractivity contribution is 7.88. The van der Waals surface area contributed by atoms with Gasteiger partial charge in [0.1, 0.15) is 12.0 Å². The van der Waals surface area contributed by atoms with Crippen molar-refractivity contribution in [1.82, 2.24) is 10.0 Å². The van der Waals surface area contributed by atoms with Crippen LogP contribution in [-0.2, 0) is 16.6 Å². The van der Waals surface area contributed by atoms with Crippen molar-refractivity contribution in [3.63, 3.8) is 0 Å². The molecule has 0 bridgehead atoms. The molecular formula is C9H14N2O5S. The summed E-state index contributed by atoms with van der Waals surface area (Å²) in [5.74, 6) is -0.555. The van der Waals surface area contributed by atoms with Gasteiger partial charge < -0.3 is 14.8 Å². The van der Waals surface area contributed by atoms with Gasteiger partial charge in [-0.15, -0.1) is 0 Å². The molecule has 7 nitrogen and oxygen atoms in total. The van der Waals surface area contributed by atoms with Crippen LogP contribution in [0, 0.1) is 0 Å². The fourth-order valence-electron chi connectivity index (χ4n) is 1.12. The van der Waals surface area contributed by atoms with Crippen LogP contribution in [0.4, 0.5) is 0 Å². The summed E-state index contributed by atoms with van der Waals surface area (Å²) in [6.07, 6.45) is 2.24. The molecule has 0 saturated heterocycles. The Morgan fingerprint density at radius 1 is 1.47 bits per heavy atom. The van der Waals surface area contributed by atoms with Gasteiger partial charge in [0, 0.05) is 13.1 Å². The second-order valence-corrected chi connectivity index (χ2v) is 5.28. The van der Waals surface area contributed by atoms with Crippen LogP contribution in [0.5, 0.6) is 0 Å². The Kier molecular flexibility index (Phi) is 4.67. The number of hydrogen-bond donors (Lipinski definition) is 3. The SMILES string of the molecule is CS(=O)(=O)NCCNCc1cc(C(=O)O)co1. The third-order valence-electron chi connectivity index (χ3n) is 1.87. The molecular weight excluding hydrogens is 248 g/mol. The molecule has 8 heteroatoms. The monoisotopic (exact) mass is 262 g/mol. The number of carboxylic acids is 1. The summed E-state index contributed by atoms with van der Waals surface area (Å²) in [5.41, 5.74) is 0.0936. The van der Waals surface area contributed by atoms with Crippen molar-refractivity contribution in [3.05, 3.63) is 23.7 Å². The summed E-state index contributed by atoms with van der Waals surface area (Å²) >= 11 is 0. The maximum absolute atomic E-state index is 10.7. The first-order valence-electron chi connectivity index (χ1n) is 4.84. The van der Waals surface area contributed by atoms with Crippen LogP contribution in [0.1, 0.15) is 16.1 Å². The quantitative estimate of drug-likeness (QED) is 0.578. The van der Waals surface area contributed by atoms with Crippen molar-refractivity contribution < 1.29 is 22.7 Å². The summed E-state index contributed by atoms with van der Waals surface area (Å²) < 4.78 is 28.7. The normalized spacial score (nSPS) is 11.6. The van der Waals surface area contributed by atoms with Gasteiger partial charge in [-0.3, -0.25) is 0 Å². The Morgan fingerprint density at radius 2 is 2.18 bits per heavy atom. The molecule has 1 rings (SSSR count). The zero-order valence-electron chi connectivity index (χ0n) is 9.26. The van der Waals surface area contributed by atoms with Gasteiger partial charge in [0.15, 0.2) is 0 Å². The van der Waals surface area contributed by atoms with Crippen LogP contribution >= 0.6 is 0 Å². The molecule has 0 amide bonds.